The monoisotopic (exact) mass is 632 g/mol. The van der Waals surface area contributed by atoms with Crippen molar-refractivity contribution in [2.24, 2.45) is 17.6 Å². The zero-order valence-corrected chi connectivity index (χ0v) is 26.3. The van der Waals surface area contributed by atoms with E-state index in [4.69, 9.17) is 15.5 Å². The van der Waals surface area contributed by atoms with Crippen molar-refractivity contribution in [3.05, 3.63) is 72.1 Å². The summed E-state index contributed by atoms with van der Waals surface area (Å²) in [7, 11) is 1.61. The van der Waals surface area contributed by atoms with E-state index in [2.05, 4.69) is 55.4 Å². The molecule has 0 spiro atoms. The van der Waals surface area contributed by atoms with Crippen molar-refractivity contribution in [3.63, 3.8) is 0 Å². The van der Waals surface area contributed by atoms with Gasteiger partial charge in [0.05, 0.1) is 42.3 Å². The lowest BCUT2D eigenvalue weighted by molar-refractivity contribution is 0.0606. The summed E-state index contributed by atoms with van der Waals surface area (Å²) in [5, 5.41) is 10.5. The Morgan fingerprint density at radius 2 is 1.85 bits per heavy atom. The molecule has 1 saturated carbocycles. The minimum absolute atomic E-state index is 0.0266. The number of hydrogen-bond donors (Lipinski definition) is 1. The molecule has 2 aromatic carbocycles. The number of ether oxygens (including phenoxy) is 1. The number of hydrogen-bond acceptors (Lipinski definition) is 7. The van der Waals surface area contributed by atoms with Crippen LogP contribution < -0.4 is 15.4 Å². The van der Waals surface area contributed by atoms with Crippen LogP contribution in [0.4, 0.5) is 10.1 Å². The van der Waals surface area contributed by atoms with E-state index in [1.807, 2.05) is 12.1 Å². The smallest absolute Gasteiger partial charge is 0.254 e. The van der Waals surface area contributed by atoms with E-state index < -0.39 is 12.2 Å². The fraction of sp³-hybridized carbons (Fsp3) is 0.389. The van der Waals surface area contributed by atoms with Crippen LogP contribution in [0.1, 0.15) is 35.2 Å². The van der Waals surface area contributed by atoms with E-state index in [-0.39, 0.29) is 18.9 Å². The van der Waals surface area contributed by atoms with Gasteiger partial charge in [-0.3, -0.25) is 9.78 Å². The van der Waals surface area contributed by atoms with Crippen LogP contribution in [0.15, 0.2) is 60.9 Å². The normalized spacial score (nSPS) is 20.0. The van der Waals surface area contributed by atoms with Crippen molar-refractivity contribution in [2.45, 2.75) is 44.6 Å². The van der Waals surface area contributed by atoms with Crippen LogP contribution in [0.2, 0.25) is 0 Å². The summed E-state index contributed by atoms with van der Waals surface area (Å²) >= 11 is 0. The lowest BCUT2D eigenvalue weighted by Gasteiger charge is -2.41. The Morgan fingerprint density at radius 1 is 1.04 bits per heavy atom. The predicted octanol–water partition coefficient (Wildman–Crippen LogP) is 4.99. The molecule has 5 heterocycles. The van der Waals surface area contributed by atoms with Gasteiger partial charge in [0, 0.05) is 67.3 Å². The van der Waals surface area contributed by atoms with Gasteiger partial charge in [0.2, 0.25) is 0 Å². The molecule has 3 aromatic heterocycles. The molecule has 5 aromatic rings. The van der Waals surface area contributed by atoms with Crippen molar-refractivity contribution < 1.29 is 13.9 Å². The third-order valence-electron chi connectivity index (χ3n) is 9.79. The minimum Gasteiger partial charge on any atom is -0.494 e. The number of halogens is 1. The Bertz CT molecular complexity index is 2030. The maximum absolute atomic E-state index is 14.4. The highest BCUT2D eigenvalue weighted by atomic mass is 19.1. The topological polar surface area (TPSA) is 118 Å². The molecule has 1 aliphatic carbocycles. The van der Waals surface area contributed by atoms with Gasteiger partial charge in [-0.05, 0) is 55.5 Å². The molecular formula is C36H37FN8O2. The number of fused-ring (bicyclic) bond motifs is 2. The van der Waals surface area contributed by atoms with E-state index in [9.17, 15) is 14.4 Å². The number of imidazole rings is 1. The first-order chi connectivity index (χ1) is 22.9. The Kier molecular flexibility index (Phi) is 7.33. The first kappa shape index (κ1) is 29.5. The number of aromatic nitrogens is 4. The Labute approximate surface area is 272 Å². The number of nitrogens with zero attached hydrogens (tertiary/aromatic N) is 7. The van der Waals surface area contributed by atoms with Crippen LogP contribution in [0.25, 0.3) is 33.5 Å². The third kappa shape index (κ3) is 5.46. The zero-order valence-electron chi connectivity index (χ0n) is 26.3. The van der Waals surface area contributed by atoms with Gasteiger partial charge in [0.15, 0.2) is 5.82 Å². The van der Waals surface area contributed by atoms with Gasteiger partial charge in [-0.1, -0.05) is 18.2 Å². The minimum atomic E-state index is -1.15. The summed E-state index contributed by atoms with van der Waals surface area (Å²) in [6, 6.07) is 17.9. The average Bonchev–Trinajstić information content (AvgIpc) is 3.71. The number of nitriles is 1. The van der Waals surface area contributed by atoms with Crippen molar-refractivity contribution in [2.75, 3.05) is 38.2 Å². The van der Waals surface area contributed by atoms with Gasteiger partial charge in [0.1, 0.15) is 23.5 Å². The van der Waals surface area contributed by atoms with Crippen LogP contribution in [-0.2, 0) is 13.1 Å². The number of likely N-dealkylation sites (tertiary alicyclic amines) is 1. The Balaban J connectivity index is 1.21. The lowest BCUT2D eigenvalue weighted by atomic mass is 9.98. The lowest BCUT2D eigenvalue weighted by Crippen LogP contribution is -2.50. The second-order valence-corrected chi connectivity index (χ2v) is 13.4. The average molecular weight is 633 g/mol. The van der Waals surface area contributed by atoms with Crippen LogP contribution >= 0.6 is 0 Å². The van der Waals surface area contributed by atoms with Crippen molar-refractivity contribution in [1.82, 2.24) is 24.0 Å². The summed E-state index contributed by atoms with van der Waals surface area (Å²) in [6.45, 7) is 3.56. The maximum atomic E-state index is 14.4. The highest BCUT2D eigenvalue weighted by Crippen LogP contribution is 2.39. The number of carbonyl (C=O) groups excluding carboxylic acids is 1. The second kappa shape index (κ2) is 11.7. The largest absolute Gasteiger partial charge is 0.494 e. The number of piperidine rings is 1. The number of anilines is 1. The summed E-state index contributed by atoms with van der Waals surface area (Å²) < 4.78 is 25.0. The first-order valence-corrected chi connectivity index (χ1v) is 16.3. The Morgan fingerprint density at radius 3 is 2.62 bits per heavy atom. The van der Waals surface area contributed by atoms with Crippen molar-refractivity contribution >= 4 is 33.5 Å². The van der Waals surface area contributed by atoms with Gasteiger partial charge in [-0.25, -0.2) is 9.37 Å². The predicted molar refractivity (Wildman–Crippen MR) is 178 cm³/mol. The second-order valence-electron chi connectivity index (χ2n) is 13.4. The van der Waals surface area contributed by atoms with Gasteiger partial charge in [-0.15, -0.1) is 0 Å². The number of para-hydroxylation sites is 1. The quantitative estimate of drug-likeness (QED) is 0.256. The molecule has 8 rings (SSSR count). The molecule has 10 nitrogen and oxygen atoms in total. The molecule has 47 heavy (non-hydrogen) atoms. The van der Waals surface area contributed by atoms with Gasteiger partial charge < -0.3 is 29.4 Å². The number of alkyl halides is 1. The molecule has 2 aliphatic heterocycles. The molecule has 2 saturated heterocycles. The fourth-order valence-electron chi connectivity index (χ4n) is 7.27. The van der Waals surface area contributed by atoms with Crippen molar-refractivity contribution in [1.29, 1.82) is 5.26 Å². The standard InChI is InChI=1S/C36H37FN8O2/c1-47-33-11-26(36(46)43-20-27(37)12-28(39)21-43)9-30-34(33)45(19-24-16-42(17-24)29-8-23(13-38)14-40-15-29)35(41-30)32-10-25-4-2-3-5-31(25)44(32)18-22-6-7-22/h2-5,8-11,14-15,22,24,27-28H,6-7,12,16-21,39H2,1H3/t27?,28-/m1/s1. The van der Waals surface area contributed by atoms with Crippen LogP contribution in [-0.4, -0.2) is 75.4 Å². The SMILES string of the molecule is COc1cc(C(=O)N2CC(F)C[C@@H](N)C2)cc2nc(-c3cc4ccccc4n3CC3CC3)n(CC3CN(c4cncc(C#N)c4)C3)c12. The molecule has 0 bridgehead atoms. The Hall–Kier alpha value is -4.95. The molecule has 11 heteroatoms. The molecule has 2 N–H and O–H groups in total. The molecule has 1 amide bonds. The van der Waals surface area contributed by atoms with E-state index in [1.165, 1.54) is 23.3 Å². The van der Waals surface area contributed by atoms with Gasteiger partial charge >= 0.3 is 0 Å². The summed E-state index contributed by atoms with van der Waals surface area (Å²) in [6.07, 6.45) is 4.93. The molecule has 3 fully saturated rings. The van der Waals surface area contributed by atoms with E-state index >= 15 is 0 Å². The van der Waals surface area contributed by atoms with E-state index in [0.29, 0.717) is 47.3 Å². The number of pyridine rings is 1. The molecule has 2 atom stereocenters. The number of benzene rings is 2. The number of rotatable bonds is 8. The maximum Gasteiger partial charge on any atom is 0.254 e. The molecule has 1 unspecified atom stereocenters. The van der Waals surface area contributed by atoms with Gasteiger partial charge in [-0.2, -0.15) is 5.26 Å². The van der Waals surface area contributed by atoms with E-state index in [1.54, 1.807) is 25.6 Å². The number of nitrogens with two attached hydrogens (primary N) is 1. The van der Waals surface area contributed by atoms with Crippen molar-refractivity contribution in [3.8, 4) is 23.3 Å². The summed E-state index contributed by atoms with van der Waals surface area (Å²) in [5.41, 5.74) is 11.7. The first-order valence-electron chi connectivity index (χ1n) is 16.3. The summed E-state index contributed by atoms with van der Waals surface area (Å²) in [5.74, 6) is 2.06. The van der Waals surface area contributed by atoms with Crippen LogP contribution in [0, 0.1) is 23.2 Å². The number of amides is 1. The number of methoxy groups -OCH3 is 1. The highest BCUT2D eigenvalue weighted by molar-refractivity contribution is 6.00. The van der Waals surface area contributed by atoms with Crippen LogP contribution in [0.3, 0.4) is 0 Å². The number of carbonyl (C=O) groups is 1. The molecule has 3 aliphatic rings. The van der Waals surface area contributed by atoms with E-state index in [0.717, 1.165) is 47.7 Å². The van der Waals surface area contributed by atoms with Crippen LogP contribution in [0.5, 0.6) is 5.75 Å². The third-order valence-corrected chi connectivity index (χ3v) is 9.79. The zero-order chi connectivity index (χ0) is 32.2. The molecule has 0 radical (unpaired) electrons. The molecule has 240 valence electrons. The summed E-state index contributed by atoms with van der Waals surface area (Å²) in [4.78, 5) is 26.9. The fourth-order valence-corrected chi connectivity index (χ4v) is 7.27. The molecular weight excluding hydrogens is 595 g/mol. The van der Waals surface area contributed by atoms with Gasteiger partial charge in [0.25, 0.3) is 5.91 Å². The highest BCUT2D eigenvalue weighted by Gasteiger charge is 2.33.